The molecule has 4 unspecified atom stereocenters. The molecular weight excluding hydrogens is 524 g/mol. The fourth-order valence-electron chi connectivity index (χ4n) is 6.97. The molecule has 0 fully saturated rings. The molecule has 2 aliphatic carbocycles. The molecule has 0 aliphatic heterocycles. The molecule has 0 saturated carbocycles. The van der Waals surface area contributed by atoms with E-state index < -0.39 is 8.07 Å². The zero-order valence-corrected chi connectivity index (χ0v) is 24.6. The predicted molar refractivity (Wildman–Crippen MR) is 145 cm³/mol. The molecule has 4 atom stereocenters. The first kappa shape index (κ1) is 23.8. The number of hydrogen-bond acceptors (Lipinski definition) is 0. The van der Waals surface area contributed by atoms with Crippen molar-refractivity contribution in [1.82, 2.24) is 0 Å². The van der Waals surface area contributed by atoms with E-state index in [-0.39, 0.29) is 0 Å². The summed E-state index contributed by atoms with van der Waals surface area (Å²) in [6.07, 6.45) is 2.44. The topological polar surface area (TPSA) is 0 Å². The second kappa shape index (κ2) is 8.44. The van der Waals surface area contributed by atoms with Gasteiger partial charge in [0, 0.05) is 8.95 Å². The highest BCUT2D eigenvalue weighted by Gasteiger charge is 2.51. The van der Waals surface area contributed by atoms with Gasteiger partial charge in [0.25, 0.3) is 0 Å². The van der Waals surface area contributed by atoms with Crippen molar-refractivity contribution in [3.8, 4) is 0 Å². The molecule has 2 aliphatic rings. The van der Waals surface area contributed by atoms with E-state index in [1.807, 2.05) is 0 Å². The average molecular weight is 563 g/mol. The van der Waals surface area contributed by atoms with Gasteiger partial charge in [0.1, 0.15) is 0 Å². The monoisotopic (exact) mass is 560 g/mol. The van der Waals surface area contributed by atoms with E-state index >= 15 is 0 Å². The Kier molecular flexibility index (Phi) is 6.47. The highest BCUT2D eigenvalue weighted by atomic mass is 79.9. The van der Waals surface area contributed by atoms with Gasteiger partial charge in [0.15, 0.2) is 0 Å². The van der Waals surface area contributed by atoms with Crippen LogP contribution in [0.3, 0.4) is 0 Å². The minimum atomic E-state index is -1.67. The molecule has 0 radical (unpaired) electrons. The minimum absolute atomic E-state index is 0.568. The summed E-state index contributed by atoms with van der Waals surface area (Å²) < 4.78 is 2.69. The average Bonchev–Trinajstić information content (AvgIpc) is 3.18. The van der Waals surface area contributed by atoms with Crippen LogP contribution in [0.1, 0.15) is 97.8 Å². The summed E-state index contributed by atoms with van der Waals surface area (Å²) in [6.45, 7) is 19.7. The van der Waals surface area contributed by atoms with Crippen LogP contribution in [0.2, 0.25) is 13.1 Å². The van der Waals surface area contributed by atoms with E-state index in [4.69, 9.17) is 0 Å². The SMILES string of the molecule is CC(C)c1cc(Br)c2c(c1)C([Si](C)(C)C1c3cc(C(C)C)cc(Br)c3CC1C)C(C)C2. The Morgan fingerprint density at radius 1 is 0.710 bits per heavy atom. The summed E-state index contributed by atoms with van der Waals surface area (Å²) in [7, 11) is -1.67. The zero-order chi connectivity index (χ0) is 22.8. The summed E-state index contributed by atoms with van der Waals surface area (Å²) in [4.78, 5) is 0. The van der Waals surface area contributed by atoms with Gasteiger partial charge in [-0.1, -0.05) is 98.6 Å². The molecule has 168 valence electrons. The van der Waals surface area contributed by atoms with Gasteiger partial charge in [-0.2, -0.15) is 0 Å². The molecule has 4 rings (SSSR count). The third-order valence-electron chi connectivity index (χ3n) is 8.30. The Balaban J connectivity index is 1.85. The Morgan fingerprint density at radius 3 is 1.39 bits per heavy atom. The van der Waals surface area contributed by atoms with Crippen LogP contribution in [0.15, 0.2) is 33.2 Å². The summed E-state index contributed by atoms with van der Waals surface area (Å²) in [5.41, 5.74) is 10.9. The van der Waals surface area contributed by atoms with Gasteiger partial charge >= 0.3 is 0 Å². The van der Waals surface area contributed by atoms with Gasteiger partial charge in [-0.05, 0) is 93.1 Å². The van der Waals surface area contributed by atoms with Crippen molar-refractivity contribution in [2.24, 2.45) is 11.8 Å². The third-order valence-corrected chi connectivity index (χ3v) is 14.7. The normalized spacial score (nSPS) is 25.4. The summed E-state index contributed by atoms with van der Waals surface area (Å²) in [6, 6.07) is 9.92. The molecule has 0 N–H and O–H groups in total. The van der Waals surface area contributed by atoms with Crippen LogP contribution in [-0.4, -0.2) is 8.07 Å². The van der Waals surface area contributed by atoms with Crippen LogP contribution in [-0.2, 0) is 12.8 Å². The highest BCUT2D eigenvalue weighted by Crippen LogP contribution is 2.55. The van der Waals surface area contributed by atoms with Crippen molar-refractivity contribution in [2.75, 3.05) is 0 Å². The quantitative estimate of drug-likeness (QED) is 0.326. The number of rotatable bonds is 4. The van der Waals surface area contributed by atoms with Crippen molar-refractivity contribution in [1.29, 1.82) is 0 Å². The lowest BCUT2D eigenvalue weighted by atomic mass is 9.98. The Bertz CT molecular complexity index is 925. The molecule has 0 saturated heterocycles. The molecule has 0 nitrogen and oxygen atoms in total. The van der Waals surface area contributed by atoms with Crippen molar-refractivity contribution in [3.05, 3.63) is 66.6 Å². The fourth-order valence-corrected chi connectivity index (χ4v) is 14.0. The predicted octanol–water partition coefficient (Wildman–Crippen LogP) is 9.50. The van der Waals surface area contributed by atoms with Crippen LogP contribution in [0.25, 0.3) is 0 Å². The van der Waals surface area contributed by atoms with Crippen LogP contribution < -0.4 is 0 Å². The highest BCUT2D eigenvalue weighted by molar-refractivity contribution is 9.10. The maximum absolute atomic E-state index is 3.95. The molecule has 3 heteroatoms. The molecule has 0 spiro atoms. The first-order valence-electron chi connectivity index (χ1n) is 12.1. The van der Waals surface area contributed by atoms with Crippen LogP contribution in [0.4, 0.5) is 0 Å². The number of fused-ring (bicyclic) bond motifs is 2. The van der Waals surface area contributed by atoms with Crippen molar-refractivity contribution in [2.45, 2.75) is 90.4 Å². The van der Waals surface area contributed by atoms with Crippen molar-refractivity contribution < 1.29 is 0 Å². The van der Waals surface area contributed by atoms with Crippen LogP contribution >= 0.6 is 31.9 Å². The third kappa shape index (κ3) is 3.95. The van der Waals surface area contributed by atoms with E-state index in [0.717, 1.165) is 22.9 Å². The first-order valence-corrected chi connectivity index (χ1v) is 16.8. The van der Waals surface area contributed by atoms with E-state index in [0.29, 0.717) is 11.8 Å². The fraction of sp³-hybridized carbons (Fsp3) is 0.571. The standard InChI is InChI=1S/C28H38Br2Si/c1-15(2)19-11-23-21(25(29)13-19)9-17(5)27(23)31(7,8)28-18(6)10-22-24(28)12-20(16(3)4)14-26(22)30/h11-18,27-28H,9-10H2,1-8H3. The zero-order valence-electron chi connectivity index (χ0n) is 20.4. The molecular formula is C28H38Br2Si. The lowest BCUT2D eigenvalue weighted by Gasteiger charge is -2.41. The van der Waals surface area contributed by atoms with Gasteiger partial charge in [0.2, 0.25) is 0 Å². The molecule has 0 bridgehead atoms. The smallest absolute Gasteiger partial charge is 0.0634 e. The Morgan fingerprint density at radius 2 is 1.06 bits per heavy atom. The van der Waals surface area contributed by atoms with Gasteiger partial charge in [0.05, 0.1) is 8.07 Å². The number of benzene rings is 2. The molecule has 31 heavy (non-hydrogen) atoms. The van der Waals surface area contributed by atoms with E-state index in [1.54, 1.807) is 22.3 Å². The van der Waals surface area contributed by atoms with Crippen LogP contribution in [0.5, 0.6) is 0 Å². The lowest BCUT2D eigenvalue weighted by Crippen LogP contribution is -2.45. The van der Waals surface area contributed by atoms with Crippen LogP contribution in [0, 0.1) is 11.8 Å². The van der Waals surface area contributed by atoms with Crippen molar-refractivity contribution >= 4 is 39.9 Å². The molecule has 0 amide bonds. The minimum Gasteiger partial charge on any atom is -0.0684 e. The van der Waals surface area contributed by atoms with Gasteiger partial charge < -0.3 is 0 Å². The second-order valence-corrected chi connectivity index (χ2v) is 18.2. The number of hydrogen-bond donors (Lipinski definition) is 0. The Labute approximate surface area is 207 Å². The molecule has 0 heterocycles. The van der Waals surface area contributed by atoms with E-state index in [9.17, 15) is 0 Å². The lowest BCUT2D eigenvalue weighted by molar-refractivity contribution is 0.543. The van der Waals surface area contributed by atoms with Crippen molar-refractivity contribution in [3.63, 3.8) is 0 Å². The van der Waals surface area contributed by atoms with Gasteiger partial charge in [-0.25, -0.2) is 0 Å². The largest absolute Gasteiger partial charge is 0.0684 e. The summed E-state index contributed by atoms with van der Waals surface area (Å²) in [5.74, 6) is 2.59. The van der Waals surface area contributed by atoms with E-state index in [2.05, 4.69) is 111 Å². The molecule has 0 aromatic heterocycles. The van der Waals surface area contributed by atoms with Gasteiger partial charge in [-0.15, -0.1) is 0 Å². The maximum Gasteiger partial charge on any atom is 0.0634 e. The number of halogens is 2. The van der Waals surface area contributed by atoms with E-state index in [1.165, 1.54) is 32.9 Å². The second-order valence-electron chi connectivity index (χ2n) is 11.6. The summed E-state index contributed by atoms with van der Waals surface area (Å²) >= 11 is 7.91. The van der Waals surface area contributed by atoms with Gasteiger partial charge in [-0.3, -0.25) is 0 Å². The molecule has 2 aromatic carbocycles. The molecule has 2 aromatic rings. The maximum atomic E-state index is 3.95. The Hall–Kier alpha value is -0.383. The first-order chi connectivity index (χ1) is 14.4. The summed E-state index contributed by atoms with van der Waals surface area (Å²) in [5, 5.41) is 0.